The molecule has 23 heavy (non-hydrogen) atoms. The lowest BCUT2D eigenvalue weighted by atomic mass is 9.73. The van der Waals surface area contributed by atoms with Gasteiger partial charge in [-0.2, -0.15) is 0 Å². The van der Waals surface area contributed by atoms with E-state index in [2.05, 4.69) is 34.0 Å². The molecule has 1 aromatic heterocycles. The summed E-state index contributed by atoms with van der Waals surface area (Å²) in [5, 5.41) is 3.76. The Bertz CT molecular complexity index is 558. The maximum absolute atomic E-state index is 11.9. The summed E-state index contributed by atoms with van der Waals surface area (Å²) in [6.07, 6.45) is 10.9. The number of hydrogen-bond donors (Lipinski definition) is 2. The summed E-state index contributed by atoms with van der Waals surface area (Å²) in [7, 11) is 0. The fourth-order valence-corrected chi connectivity index (χ4v) is 3.90. The number of hydrogen-bond acceptors (Lipinski definition) is 4. The van der Waals surface area contributed by atoms with Crippen molar-refractivity contribution in [2.45, 2.75) is 58.4 Å². The van der Waals surface area contributed by atoms with E-state index >= 15 is 0 Å². The van der Waals surface area contributed by atoms with Crippen LogP contribution in [0.15, 0.2) is 17.2 Å². The van der Waals surface area contributed by atoms with E-state index in [9.17, 15) is 4.79 Å². The first kappa shape index (κ1) is 16.5. The summed E-state index contributed by atoms with van der Waals surface area (Å²) >= 11 is 0. The van der Waals surface area contributed by atoms with Crippen molar-refractivity contribution in [1.82, 2.24) is 15.3 Å². The molecule has 0 amide bonds. The van der Waals surface area contributed by atoms with Gasteiger partial charge in [0.05, 0.1) is 0 Å². The zero-order valence-electron chi connectivity index (χ0n) is 14.5. The molecule has 2 aliphatic rings. The maximum atomic E-state index is 11.9. The number of nitrogens with zero attached hydrogens (tertiary/aromatic N) is 2. The molecule has 1 saturated heterocycles. The Balaban J connectivity index is 1.50. The number of aromatic amines is 1. The first-order valence-electron chi connectivity index (χ1n) is 9.05. The zero-order valence-corrected chi connectivity index (χ0v) is 14.5. The number of anilines is 1. The lowest BCUT2D eigenvalue weighted by Gasteiger charge is -2.37. The standard InChI is InChI=1S/C18H30N4O/c1-18(2)7-5-14(6-8-18)12-21-15-4-3-11-22(13-15)16-17(23)20-10-9-19-16/h9-10,14-15,21H,3-8,11-13H2,1-2H3,(H,20,23)/t15-/m0/s1. The predicted molar refractivity (Wildman–Crippen MR) is 93.8 cm³/mol. The van der Waals surface area contributed by atoms with Crippen LogP contribution in [0.3, 0.4) is 0 Å². The molecule has 0 spiro atoms. The molecule has 2 fully saturated rings. The van der Waals surface area contributed by atoms with Crippen molar-refractivity contribution in [3.8, 4) is 0 Å². The minimum absolute atomic E-state index is 0.0809. The maximum Gasteiger partial charge on any atom is 0.290 e. The summed E-state index contributed by atoms with van der Waals surface area (Å²) in [6, 6.07) is 0.472. The minimum Gasteiger partial charge on any atom is -0.350 e. The molecule has 0 unspecified atom stereocenters. The molecule has 1 atom stereocenters. The quantitative estimate of drug-likeness (QED) is 0.895. The third-order valence-electron chi connectivity index (χ3n) is 5.56. The van der Waals surface area contributed by atoms with Crippen LogP contribution in [0.25, 0.3) is 0 Å². The number of rotatable bonds is 4. The van der Waals surface area contributed by atoms with E-state index in [1.807, 2.05) is 0 Å². The van der Waals surface area contributed by atoms with Crippen molar-refractivity contribution in [3.05, 3.63) is 22.7 Å². The van der Waals surface area contributed by atoms with Crippen molar-refractivity contribution in [3.63, 3.8) is 0 Å². The van der Waals surface area contributed by atoms with E-state index in [0.29, 0.717) is 17.3 Å². The third-order valence-corrected chi connectivity index (χ3v) is 5.56. The monoisotopic (exact) mass is 318 g/mol. The van der Waals surface area contributed by atoms with E-state index in [0.717, 1.165) is 32.0 Å². The molecule has 1 aromatic rings. The first-order valence-corrected chi connectivity index (χ1v) is 9.05. The number of nitrogens with one attached hydrogen (secondary N) is 2. The fourth-order valence-electron chi connectivity index (χ4n) is 3.90. The Kier molecular flexibility index (Phi) is 5.05. The number of piperidine rings is 1. The van der Waals surface area contributed by atoms with Crippen LogP contribution in [-0.2, 0) is 0 Å². The highest BCUT2D eigenvalue weighted by Crippen LogP contribution is 2.37. The average Bonchev–Trinajstić information content (AvgIpc) is 2.55. The molecule has 2 heterocycles. The van der Waals surface area contributed by atoms with Crippen molar-refractivity contribution in [1.29, 1.82) is 0 Å². The molecule has 5 heteroatoms. The molecule has 1 aliphatic carbocycles. The Morgan fingerprint density at radius 3 is 2.87 bits per heavy atom. The summed E-state index contributed by atoms with van der Waals surface area (Å²) in [6.45, 7) is 7.71. The van der Waals surface area contributed by atoms with Gasteiger partial charge in [0.25, 0.3) is 5.56 Å². The van der Waals surface area contributed by atoms with Crippen LogP contribution in [0.2, 0.25) is 0 Å². The molecule has 0 aromatic carbocycles. The predicted octanol–water partition coefficient (Wildman–Crippen LogP) is 2.54. The second-order valence-corrected chi connectivity index (χ2v) is 8.04. The highest BCUT2D eigenvalue weighted by Gasteiger charge is 2.28. The van der Waals surface area contributed by atoms with Gasteiger partial charge in [0.15, 0.2) is 5.82 Å². The molecule has 0 bridgehead atoms. The molecule has 5 nitrogen and oxygen atoms in total. The van der Waals surface area contributed by atoms with Gasteiger partial charge in [-0.3, -0.25) is 4.79 Å². The highest BCUT2D eigenvalue weighted by molar-refractivity contribution is 5.36. The minimum atomic E-state index is -0.0809. The Hall–Kier alpha value is -1.36. The van der Waals surface area contributed by atoms with Gasteiger partial charge < -0.3 is 15.2 Å². The van der Waals surface area contributed by atoms with Crippen molar-refractivity contribution < 1.29 is 0 Å². The molecule has 2 N–H and O–H groups in total. The summed E-state index contributed by atoms with van der Waals surface area (Å²) in [5.74, 6) is 1.38. The van der Waals surface area contributed by atoms with Gasteiger partial charge in [-0.15, -0.1) is 0 Å². The molecule has 128 valence electrons. The second kappa shape index (κ2) is 7.04. The molecule has 1 saturated carbocycles. The zero-order chi connectivity index (χ0) is 16.3. The molecular weight excluding hydrogens is 288 g/mol. The van der Waals surface area contributed by atoms with Crippen LogP contribution in [0.4, 0.5) is 5.82 Å². The van der Waals surface area contributed by atoms with Gasteiger partial charge in [0, 0.05) is 31.5 Å². The van der Waals surface area contributed by atoms with E-state index < -0.39 is 0 Å². The molecule has 3 rings (SSSR count). The summed E-state index contributed by atoms with van der Waals surface area (Å²) in [4.78, 5) is 21.0. The van der Waals surface area contributed by atoms with Crippen molar-refractivity contribution in [2.75, 3.05) is 24.5 Å². The molecular formula is C18H30N4O. The van der Waals surface area contributed by atoms with Crippen molar-refractivity contribution >= 4 is 5.82 Å². The number of aromatic nitrogens is 2. The molecule has 1 aliphatic heterocycles. The van der Waals surface area contributed by atoms with Crippen molar-refractivity contribution in [2.24, 2.45) is 11.3 Å². The van der Waals surface area contributed by atoms with Crippen LogP contribution in [-0.4, -0.2) is 35.6 Å². The third kappa shape index (κ3) is 4.34. The van der Waals surface area contributed by atoms with Crippen LogP contribution in [0.1, 0.15) is 52.4 Å². The smallest absolute Gasteiger partial charge is 0.290 e. The fraction of sp³-hybridized carbons (Fsp3) is 0.778. The highest BCUT2D eigenvalue weighted by atomic mass is 16.1. The van der Waals surface area contributed by atoms with Crippen LogP contribution < -0.4 is 15.8 Å². The van der Waals surface area contributed by atoms with Crippen LogP contribution >= 0.6 is 0 Å². The van der Waals surface area contributed by atoms with Crippen LogP contribution in [0.5, 0.6) is 0 Å². The van der Waals surface area contributed by atoms with Gasteiger partial charge in [-0.25, -0.2) is 4.98 Å². The van der Waals surface area contributed by atoms with E-state index in [1.165, 1.54) is 32.1 Å². The largest absolute Gasteiger partial charge is 0.350 e. The van der Waals surface area contributed by atoms with Gasteiger partial charge in [0.1, 0.15) is 0 Å². The lowest BCUT2D eigenvalue weighted by molar-refractivity contribution is 0.185. The van der Waals surface area contributed by atoms with Gasteiger partial charge >= 0.3 is 0 Å². The van der Waals surface area contributed by atoms with E-state index in [1.54, 1.807) is 12.4 Å². The van der Waals surface area contributed by atoms with Gasteiger partial charge in [0.2, 0.25) is 0 Å². The Labute approximate surface area is 138 Å². The lowest BCUT2D eigenvalue weighted by Crippen LogP contribution is -2.48. The SMILES string of the molecule is CC1(C)CCC(CN[C@H]2CCCN(c3ncc[nH]c3=O)C2)CC1. The van der Waals surface area contributed by atoms with Crippen LogP contribution in [0, 0.1) is 11.3 Å². The van der Waals surface area contributed by atoms with E-state index in [4.69, 9.17) is 0 Å². The average molecular weight is 318 g/mol. The number of H-pyrrole nitrogens is 1. The Morgan fingerprint density at radius 1 is 1.35 bits per heavy atom. The normalized spacial score (nSPS) is 25.5. The topological polar surface area (TPSA) is 61.0 Å². The first-order chi connectivity index (χ1) is 11.0. The summed E-state index contributed by atoms with van der Waals surface area (Å²) < 4.78 is 0. The van der Waals surface area contributed by atoms with E-state index in [-0.39, 0.29) is 5.56 Å². The van der Waals surface area contributed by atoms with Gasteiger partial charge in [-0.1, -0.05) is 13.8 Å². The summed E-state index contributed by atoms with van der Waals surface area (Å²) in [5.41, 5.74) is 0.459. The second-order valence-electron chi connectivity index (χ2n) is 8.04. The molecule has 0 radical (unpaired) electrons. The Morgan fingerprint density at radius 2 is 2.13 bits per heavy atom. The van der Waals surface area contributed by atoms with Gasteiger partial charge in [-0.05, 0) is 56.4 Å².